The molecule has 1 aromatic heterocycles. The van der Waals surface area contributed by atoms with Crippen LogP contribution >= 0.6 is 0 Å². The number of anilines is 1. The first-order chi connectivity index (χ1) is 12.8. The van der Waals surface area contributed by atoms with Gasteiger partial charge in [0.05, 0.1) is 5.56 Å². The molecule has 27 heavy (non-hydrogen) atoms. The van der Waals surface area contributed by atoms with Crippen LogP contribution in [0.4, 0.5) is 5.69 Å². The number of carbonyl (C=O) groups excluding carboxylic acids is 2. The number of hydrogen-bond acceptors (Lipinski definition) is 6. The van der Waals surface area contributed by atoms with Crippen LogP contribution in [0.25, 0.3) is 11.0 Å². The van der Waals surface area contributed by atoms with Crippen molar-refractivity contribution in [2.24, 2.45) is 0 Å². The van der Waals surface area contributed by atoms with Gasteiger partial charge in [0.1, 0.15) is 17.9 Å². The van der Waals surface area contributed by atoms with Gasteiger partial charge in [-0.1, -0.05) is 6.07 Å². The summed E-state index contributed by atoms with van der Waals surface area (Å²) in [6, 6.07) is 10.7. The Bertz CT molecular complexity index is 1100. The van der Waals surface area contributed by atoms with Gasteiger partial charge in [-0.25, -0.2) is 9.59 Å². The van der Waals surface area contributed by atoms with E-state index in [1.54, 1.807) is 31.2 Å². The van der Waals surface area contributed by atoms with Gasteiger partial charge in [-0.2, -0.15) is 0 Å². The van der Waals surface area contributed by atoms with Crippen LogP contribution in [0.2, 0.25) is 0 Å². The van der Waals surface area contributed by atoms with Crippen LogP contribution in [-0.4, -0.2) is 17.0 Å². The molecule has 0 radical (unpaired) electrons. The summed E-state index contributed by atoms with van der Waals surface area (Å²) < 4.78 is 10.5. The third-order valence-electron chi connectivity index (χ3n) is 4.00. The highest BCUT2D eigenvalue weighted by atomic mass is 16.5. The molecule has 0 aliphatic rings. The molecule has 2 N–H and O–H groups in total. The van der Waals surface area contributed by atoms with Gasteiger partial charge in [0.15, 0.2) is 0 Å². The third kappa shape index (κ3) is 3.98. The van der Waals surface area contributed by atoms with E-state index in [0.29, 0.717) is 22.2 Å². The van der Waals surface area contributed by atoms with Crippen molar-refractivity contribution in [2.45, 2.75) is 20.5 Å². The van der Waals surface area contributed by atoms with Crippen molar-refractivity contribution >= 4 is 28.5 Å². The Labute approximate surface area is 154 Å². The smallest absolute Gasteiger partial charge is 0.338 e. The molecular weight excluding hydrogens is 350 g/mol. The molecular formula is C20H17NO6. The van der Waals surface area contributed by atoms with Gasteiger partial charge in [-0.15, -0.1) is 0 Å². The van der Waals surface area contributed by atoms with E-state index in [0.717, 1.165) is 0 Å². The zero-order valence-electron chi connectivity index (χ0n) is 14.7. The number of carbonyl (C=O) groups is 2. The highest BCUT2D eigenvalue weighted by molar-refractivity contribution is 5.94. The number of fused-ring (bicyclic) bond motifs is 1. The molecule has 1 heterocycles. The Morgan fingerprint density at radius 2 is 1.96 bits per heavy atom. The summed E-state index contributed by atoms with van der Waals surface area (Å²) in [7, 11) is 0. The van der Waals surface area contributed by atoms with Crippen molar-refractivity contribution in [3.8, 4) is 5.75 Å². The largest absolute Gasteiger partial charge is 0.508 e. The summed E-state index contributed by atoms with van der Waals surface area (Å²) in [6.07, 6.45) is 0. The minimum atomic E-state index is -0.602. The van der Waals surface area contributed by atoms with Gasteiger partial charge in [-0.05, 0) is 37.3 Å². The Balaban J connectivity index is 1.85. The molecule has 0 aliphatic carbocycles. The van der Waals surface area contributed by atoms with Crippen LogP contribution in [0.1, 0.15) is 28.4 Å². The molecule has 7 heteroatoms. The van der Waals surface area contributed by atoms with E-state index < -0.39 is 11.6 Å². The van der Waals surface area contributed by atoms with Crippen molar-refractivity contribution in [2.75, 3.05) is 5.32 Å². The molecule has 0 bridgehead atoms. The molecule has 0 unspecified atom stereocenters. The minimum absolute atomic E-state index is 0.00887. The fraction of sp³-hybridized carbons (Fsp3) is 0.150. The van der Waals surface area contributed by atoms with Crippen molar-refractivity contribution in [1.82, 2.24) is 0 Å². The second-order valence-electron chi connectivity index (χ2n) is 6.02. The van der Waals surface area contributed by atoms with Gasteiger partial charge in [0.2, 0.25) is 5.91 Å². The second kappa shape index (κ2) is 7.33. The number of aryl methyl sites for hydroxylation is 1. The van der Waals surface area contributed by atoms with E-state index in [1.807, 2.05) is 0 Å². The number of esters is 1. The number of hydrogen-bond donors (Lipinski definition) is 2. The number of rotatable bonds is 4. The first-order valence-corrected chi connectivity index (χ1v) is 8.15. The predicted octanol–water partition coefficient (Wildman–Crippen LogP) is 3.12. The summed E-state index contributed by atoms with van der Waals surface area (Å²) in [5.74, 6) is -0.838. The lowest BCUT2D eigenvalue weighted by molar-refractivity contribution is -0.114. The lowest BCUT2D eigenvalue weighted by Gasteiger charge is -2.10. The minimum Gasteiger partial charge on any atom is -0.508 e. The second-order valence-corrected chi connectivity index (χ2v) is 6.02. The average molecular weight is 367 g/mol. The third-order valence-corrected chi connectivity index (χ3v) is 4.00. The quantitative estimate of drug-likeness (QED) is 0.542. The SMILES string of the molecule is CC(=O)Nc1cccc(C(=O)OCc2cc(=O)oc3c(C)c(O)ccc23)c1. The number of ether oxygens (including phenoxy) is 1. The molecule has 7 nitrogen and oxygen atoms in total. The highest BCUT2D eigenvalue weighted by Crippen LogP contribution is 2.27. The van der Waals surface area contributed by atoms with Crippen LogP contribution in [0.3, 0.4) is 0 Å². The van der Waals surface area contributed by atoms with Gasteiger partial charge in [0, 0.05) is 35.2 Å². The van der Waals surface area contributed by atoms with Crippen molar-refractivity contribution < 1.29 is 23.8 Å². The molecule has 2 aromatic carbocycles. The molecule has 138 valence electrons. The predicted molar refractivity (Wildman–Crippen MR) is 98.8 cm³/mol. The fourth-order valence-electron chi connectivity index (χ4n) is 2.69. The monoisotopic (exact) mass is 367 g/mol. The van der Waals surface area contributed by atoms with Gasteiger partial charge >= 0.3 is 11.6 Å². The van der Waals surface area contributed by atoms with Gasteiger partial charge < -0.3 is 19.6 Å². The number of benzene rings is 2. The normalized spacial score (nSPS) is 10.6. The van der Waals surface area contributed by atoms with Crippen molar-refractivity contribution in [3.05, 3.63) is 69.6 Å². The standard InChI is InChI=1S/C20H17NO6/c1-11-17(23)7-6-16-14(9-18(24)27-19(11)16)10-26-20(25)13-4-3-5-15(8-13)21-12(2)22/h3-9,23H,10H2,1-2H3,(H,21,22). The summed E-state index contributed by atoms with van der Waals surface area (Å²) in [4.78, 5) is 35.3. The van der Waals surface area contributed by atoms with E-state index in [-0.39, 0.29) is 29.4 Å². The number of phenolic OH excluding ortho intramolecular Hbond substituents is 1. The van der Waals surface area contributed by atoms with E-state index in [4.69, 9.17) is 9.15 Å². The first-order valence-electron chi connectivity index (χ1n) is 8.15. The molecule has 3 rings (SSSR count). The number of nitrogens with one attached hydrogen (secondary N) is 1. The zero-order chi connectivity index (χ0) is 19.6. The summed E-state index contributed by atoms with van der Waals surface area (Å²) in [6.45, 7) is 2.86. The maximum atomic E-state index is 12.3. The molecule has 0 fully saturated rings. The molecule has 0 saturated carbocycles. The molecule has 0 spiro atoms. The topological polar surface area (TPSA) is 106 Å². The maximum Gasteiger partial charge on any atom is 0.338 e. The number of amides is 1. The number of aromatic hydroxyl groups is 1. The molecule has 0 atom stereocenters. The summed E-state index contributed by atoms with van der Waals surface area (Å²) >= 11 is 0. The van der Waals surface area contributed by atoms with E-state index in [9.17, 15) is 19.5 Å². The first kappa shape index (κ1) is 18.2. The van der Waals surface area contributed by atoms with Gasteiger partial charge in [0.25, 0.3) is 0 Å². The molecule has 0 saturated heterocycles. The summed E-state index contributed by atoms with van der Waals surface area (Å²) in [5.41, 5.74) is 1.30. The summed E-state index contributed by atoms with van der Waals surface area (Å²) in [5, 5.41) is 12.9. The van der Waals surface area contributed by atoms with E-state index in [2.05, 4.69) is 5.32 Å². The van der Waals surface area contributed by atoms with Crippen LogP contribution in [0.15, 0.2) is 51.7 Å². The zero-order valence-corrected chi connectivity index (χ0v) is 14.7. The Kier molecular flexibility index (Phi) is 4.94. The lowest BCUT2D eigenvalue weighted by Crippen LogP contribution is -2.10. The lowest BCUT2D eigenvalue weighted by atomic mass is 10.1. The van der Waals surface area contributed by atoms with Crippen LogP contribution < -0.4 is 10.9 Å². The maximum absolute atomic E-state index is 12.3. The van der Waals surface area contributed by atoms with Crippen LogP contribution in [0, 0.1) is 6.92 Å². The van der Waals surface area contributed by atoms with E-state index in [1.165, 1.54) is 25.1 Å². The number of phenols is 1. The van der Waals surface area contributed by atoms with Crippen LogP contribution in [-0.2, 0) is 16.1 Å². The van der Waals surface area contributed by atoms with Gasteiger partial charge in [-0.3, -0.25) is 4.79 Å². The Hall–Kier alpha value is -3.61. The van der Waals surface area contributed by atoms with Crippen molar-refractivity contribution in [3.63, 3.8) is 0 Å². The average Bonchev–Trinajstić information content (AvgIpc) is 2.62. The van der Waals surface area contributed by atoms with Crippen LogP contribution in [0.5, 0.6) is 5.75 Å². The molecule has 0 aliphatic heterocycles. The van der Waals surface area contributed by atoms with Crippen molar-refractivity contribution in [1.29, 1.82) is 0 Å². The fourth-order valence-corrected chi connectivity index (χ4v) is 2.69. The molecule has 1 amide bonds. The Morgan fingerprint density at radius 1 is 1.19 bits per heavy atom. The highest BCUT2D eigenvalue weighted by Gasteiger charge is 2.14. The van der Waals surface area contributed by atoms with E-state index >= 15 is 0 Å². The molecule has 3 aromatic rings. The Morgan fingerprint density at radius 3 is 2.70 bits per heavy atom.